The summed E-state index contributed by atoms with van der Waals surface area (Å²) < 4.78 is 26.4. The fraction of sp³-hybridized carbons (Fsp3) is 0.273. The number of hydrogen-bond donors (Lipinski definition) is 0. The lowest BCUT2D eigenvalue weighted by Gasteiger charge is -2.15. The molecule has 0 unspecified atom stereocenters. The number of allylic oxidation sites excluding steroid dienone is 2. The van der Waals surface area contributed by atoms with E-state index in [0.717, 1.165) is 33.8 Å². The third kappa shape index (κ3) is 4.00. The van der Waals surface area contributed by atoms with E-state index in [-0.39, 0.29) is 4.90 Å². The summed E-state index contributed by atoms with van der Waals surface area (Å²) in [4.78, 5) is 0.253. The lowest BCUT2D eigenvalue weighted by Crippen LogP contribution is -2.22. The van der Waals surface area contributed by atoms with Crippen molar-refractivity contribution in [1.29, 1.82) is 0 Å². The lowest BCUT2D eigenvalue weighted by atomic mass is 9.91. The molecule has 0 atom stereocenters. The molecule has 0 amide bonds. The minimum atomic E-state index is -3.62. The van der Waals surface area contributed by atoms with E-state index in [2.05, 4.69) is 24.1 Å². The Balaban J connectivity index is 1.90. The maximum atomic E-state index is 12.7. The monoisotopic (exact) mass is 365 g/mol. The van der Waals surface area contributed by atoms with E-state index in [1.165, 1.54) is 25.5 Å². The molecule has 4 heteroatoms. The topological polar surface area (TPSA) is 37.4 Å². The molecule has 2 aromatic rings. The van der Waals surface area contributed by atoms with Crippen molar-refractivity contribution in [3.8, 4) is 12.0 Å². The summed E-state index contributed by atoms with van der Waals surface area (Å²) in [6.07, 6.45) is 6.84. The second-order valence-electron chi connectivity index (χ2n) is 6.54. The molecule has 3 rings (SSSR count). The van der Waals surface area contributed by atoms with Gasteiger partial charge >= 0.3 is 0 Å². The van der Waals surface area contributed by atoms with Crippen molar-refractivity contribution in [2.45, 2.75) is 37.5 Å². The zero-order valence-corrected chi connectivity index (χ0v) is 16.0. The molecular weight excluding hydrogens is 342 g/mol. The van der Waals surface area contributed by atoms with E-state index >= 15 is 0 Å². The standard InChI is InChI=1S/C22H23NO2S/c1-18-12-14-21(15-13-18)26(24,25)23(2)17-16-20-10-6-7-11-22(20)19-8-4-3-5-9-19/h6-8,10-15H,3-5,9H2,1-2H3. The van der Waals surface area contributed by atoms with Crippen LogP contribution in [-0.4, -0.2) is 19.8 Å². The first kappa shape index (κ1) is 18.3. The Morgan fingerprint density at radius 1 is 1.00 bits per heavy atom. The molecule has 1 aliphatic rings. The Labute approximate surface area is 156 Å². The normalized spacial score (nSPS) is 14.2. The molecule has 0 N–H and O–H groups in total. The highest BCUT2D eigenvalue weighted by Crippen LogP contribution is 2.28. The van der Waals surface area contributed by atoms with Crippen LogP contribution < -0.4 is 0 Å². The lowest BCUT2D eigenvalue weighted by molar-refractivity contribution is 0.547. The van der Waals surface area contributed by atoms with Crippen LogP contribution in [0.1, 0.15) is 42.4 Å². The van der Waals surface area contributed by atoms with E-state index in [1.54, 1.807) is 24.3 Å². The number of sulfonamides is 1. The van der Waals surface area contributed by atoms with Crippen LogP contribution in [0.5, 0.6) is 0 Å². The highest BCUT2D eigenvalue weighted by molar-refractivity contribution is 7.89. The third-order valence-corrected chi connectivity index (χ3v) is 6.27. The molecule has 0 saturated carbocycles. The summed E-state index contributed by atoms with van der Waals surface area (Å²) in [5.41, 5.74) is 4.31. The number of aryl methyl sites for hydroxylation is 1. The molecule has 0 saturated heterocycles. The van der Waals surface area contributed by atoms with Crippen LogP contribution in [-0.2, 0) is 10.0 Å². The van der Waals surface area contributed by atoms with Gasteiger partial charge in [0.05, 0.1) is 4.90 Å². The second-order valence-corrected chi connectivity index (χ2v) is 8.51. The van der Waals surface area contributed by atoms with Gasteiger partial charge in [-0.15, -0.1) is 0 Å². The summed E-state index contributed by atoms with van der Waals surface area (Å²) >= 11 is 0. The highest BCUT2D eigenvalue weighted by Gasteiger charge is 2.18. The van der Waals surface area contributed by atoms with Crippen LogP contribution >= 0.6 is 0 Å². The van der Waals surface area contributed by atoms with Gasteiger partial charge in [0.1, 0.15) is 0 Å². The Morgan fingerprint density at radius 3 is 2.42 bits per heavy atom. The zero-order chi connectivity index (χ0) is 18.6. The molecule has 0 heterocycles. The van der Waals surface area contributed by atoms with Crippen LogP contribution in [0.2, 0.25) is 0 Å². The molecule has 0 spiro atoms. The number of hydrogen-bond acceptors (Lipinski definition) is 2. The van der Waals surface area contributed by atoms with Crippen LogP contribution in [0.15, 0.2) is 59.5 Å². The summed E-state index contributed by atoms with van der Waals surface area (Å²) in [6.45, 7) is 1.93. The van der Waals surface area contributed by atoms with Crippen LogP contribution in [0, 0.1) is 18.9 Å². The van der Waals surface area contributed by atoms with Crippen molar-refractivity contribution in [2.75, 3.05) is 7.05 Å². The molecule has 0 fully saturated rings. The summed E-state index contributed by atoms with van der Waals surface area (Å²) in [6, 6.07) is 17.6. The third-order valence-electron chi connectivity index (χ3n) is 4.59. The molecular formula is C22H23NO2S. The number of rotatable bonds is 3. The average molecular weight is 365 g/mol. The molecule has 0 bridgehead atoms. The SMILES string of the molecule is Cc1ccc(S(=O)(=O)N(C)C#Cc2ccccc2C2=CCCCC2)cc1. The maximum Gasteiger partial charge on any atom is 0.270 e. The molecule has 2 aromatic carbocycles. The van der Waals surface area contributed by atoms with Gasteiger partial charge in [0.2, 0.25) is 0 Å². The Hall–Kier alpha value is -2.51. The van der Waals surface area contributed by atoms with Crippen LogP contribution in [0.25, 0.3) is 5.57 Å². The molecule has 3 nitrogen and oxygen atoms in total. The summed E-state index contributed by atoms with van der Waals surface area (Å²) in [5.74, 6) is 3.05. The second kappa shape index (κ2) is 7.80. The van der Waals surface area contributed by atoms with E-state index in [4.69, 9.17) is 0 Å². The Morgan fingerprint density at radius 2 is 1.73 bits per heavy atom. The minimum Gasteiger partial charge on any atom is -0.227 e. The van der Waals surface area contributed by atoms with Gasteiger partial charge in [-0.05, 0) is 67.9 Å². The summed E-state index contributed by atoms with van der Waals surface area (Å²) in [5, 5.41) is 0. The van der Waals surface area contributed by atoms with Gasteiger partial charge in [0.25, 0.3) is 10.0 Å². The van der Waals surface area contributed by atoms with Gasteiger partial charge in [-0.2, -0.15) is 0 Å². The molecule has 26 heavy (non-hydrogen) atoms. The fourth-order valence-electron chi connectivity index (χ4n) is 3.02. The number of nitrogens with zero attached hydrogens (tertiary/aromatic N) is 1. The predicted octanol–water partition coefficient (Wildman–Crippen LogP) is 4.58. The largest absolute Gasteiger partial charge is 0.270 e. The van der Waals surface area contributed by atoms with Crippen molar-refractivity contribution >= 4 is 15.6 Å². The first-order valence-electron chi connectivity index (χ1n) is 8.84. The fourth-order valence-corrected chi connectivity index (χ4v) is 3.98. The Kier molecular flexibility index (Phi) is 5.49. The quantitative estimate of drug-likeness (QED) is 0.590. The van der Waals surface area contributed by atoms with Crippen molar-refractivity contribution < 1.29 is 8.42 Å². The molecule has 134 valence electrons. The number of benzene rings is 2. The van der Waals surface area contributed by atoms with Gasteiger partial charge in [-0.3, -0.25) is 0 Å². The molecule has 1 aliphatic carbocycles. The predicted molar refractivity (Wildman–Crippen MR) is 106 cm³/mol. The van der Waals surface area contributed by atoms with Crippen LogP contribution in [0.3, 0.4) is 0 Å². The van der Waals surface area contributed by atoms with Crippen molar-refractivity contribution in [3.63, 3.8) is 0 Å². The highest BCUT2D eigenvalue weighted by atomic mass is 32.2. The van der Waals surface area contributed by atoms with Crippen molar-refractivity contribution in [2.24, 2.45) is 0 Å². The van der Waals surface area contributed by atoms with Crippen molar-refractivity contribution in [1.82, 2.24) is 4.31 Å². The zero-order valence-electron chi connectivity index (χ0n) is 15.2. The van der Waals surface area contributed by atoms with Gasteiger partial charge in [0.15, 0.2) is 0 Å². The van der Waals surface area contributed by atoms with Gasteiger partial charge in [-0.25, -0.2) is 12.7 Å². The van der Waals surface area contributed by atoms with E-state index < -0.39 is 10.0 Å². The van der Waals surface area contributed by atoms with Gasteiger partial charge < -0.3 is 0 Å². The Bertz CT molecular complexity index is 977. The smallest absolute Gasteiger partial charge is 0.227 e. The van der Waals surface area contributed by atoms with Crippen LogP contribution in [0.4, 0.5) is 0 Å². The average Bonchev–Trinajstić information content (AvgIpc) is 2.67. The first-order valence-corrected chi connectivity index (χ1v) is 10.3. The van der Waals surface area contributed by atoms with E-state index in [0.29, 0.717) is 0 Å². The van der Waals surface area contributed by atoms with Gasteiger partial charge in [-0.1, -0.05) is 42.0 Å². The molecule has 0 radical (unpaired) electrons. The summed E-state index contributed by atoms with van der Waals surface area (Å²) in [7, 11) is -2.13. The maximum absolute atomic E-state index is 12.7. The minimum absolute atomic E-state index is 0.253. The van der Waals surface area contributed by atoms with Gasteiger partial charge in [0, 0.05) is 18.7 Å². The van der Waals surface area contributed by atoms with E-state index in [9.17, 15) is 8.42 Å². The molecule has 0 aliphatic heterocycles. The van der Waals surface area contributed by atoms with E-state index in [1.807, 2.05) is 25.1 Å². The molecule has 0 aromatic heterocycles. The van der Waals surface area contributed by atoms with Crippen molar-refractivity contribution in [3.05, 3.63) is 71.3 Å². The first-order chi connectivity index (χ1) is 12.5.